The van der Waals surface area contributed by atoms with Crippen molar-refractivity contribution in [1.82, 2.24) is 4.67 Å². The van der Waals surface area contributed by atoms with Gasteiger partial charge in [-0.25, -0.2) is 4.67 Å². The molecule has 2 aromatic rings. The van der Waals surface area contributed by atoms with Gasteiger partial charge in [0.05, 0.1) is 19.3 Å². The van der Waals surface area contributed by atoms with Crippen LogP contribution in [0.15, 0.2) is 60.7 Å². The highest BCUT2D eigenvalue weighted by Crippen LogP contribution is 2.53. The fourth-order valence-electron chi connectivity index (χ4n) is 4.50. The Balaban J connectivity index is 1.97. The van der Waals surface area contributed by atoms with Gasteiger partial charge < -0.3 is 9.05 Å². The van der Waals surface area contributed by atoms with Gasteiger partial charge in [-0.3, -0.25) is 0 Å². The molecule has 1 aliphatic carbocycles. The third-order valence-electron chi connectivity index (χ3n) is 6.28. The third-order valence-corrected chi connectivity index (χ3v) is 8.02. The average Bonchev–Trinajstić information content (AvgIpc) is 2.86. The maximum atomic E-state index is 6.60. The highest BCUT2D eigenvalue weighted by atomic mass is 31.2. The summed E-state index contributed by atoms with van der Waals surface area (Å²) < 4.78 is 15.8. The summed E-state index contributed by atoms with van der Waals surface area (Å²) in [4.78, 5) is 0. The minimum atomic E-state index is -1.13. The molecule has 3 nitrogen and oxygen atoms in total. The van der Waals surface area contributed by atoms with Crippen molar-refractivity contribution in [3.8, 4) is 0 Å². The molecule has 0 aromatic heterocycles. The lowest BCUT2D eigenvalue weighted by Crippen LogP contribution is -2.37. The van der Waals surface area contributed by atoms with E-state index in [1.807, 2.05) is 0 Å². The van der Waals surface area contributed by atoms with Crippen molar-refractivity contribution in [3.05, 3.63) is 71.8 Å². The zero-order valence-corrected chi connectivity index (χ0v) is 21.0. The summed E-state index contributed by atoms with van der Waals surface area (Å²) in [5.74, 6) is 0. The smallest absolute Gasteiger partial charge is 0.259 e. The standard InChI is InChI=1S/C28H42NO2P/c1-3-5-16-24-31-32(30-23-6-4-2)29(27-21-14-9-15-22-27)28(25-17-10-7-11-18-25)26-19-12-8-13-20-26/h7-8,10-13,17-20,27-28H,3-6,9,14-16,21-24H2,1-2H3. The second kappa shape index (κ2) is 14.8. The lowest BCUT2D eigenvalue weighted by molar-refractivity contribution is 0.145. The van der Waals surface area contributed by atoms with Gasteiger partial charge in [-0.15, -0.1) is 0 Å². The Bertz CT molecular complexity index is 681. The Morgan fingerprint density at radius 3 is 1.81 bits per heavy atom. The molecule has 2 aromatic carbocycles. The van der Waals surface area contributed by atoms with Crippen LogP contribution in [0.25, 0.3) is 0 Å². The van der Waals surface area contributed by atoms with E-state index in [1.165, 1.54) is 56.1 Å². The van der Waals surface area contributed by atoms with Crippen LogP contribution in [0.2, 0.25) is 0 Å². The largest absolute Gasteiger partial charge is 0.322 e. The Hall–Kier alpha value is -1.25. The van der Waals surface area contributed by atoms with Gasteiger partial charge in [0.15, 0.2) is 0 Å². The third kappa shape index (κ3) is 7.66. The normalized spacial score (nSPS) is 16.0. The molecule has 1 fully saturated rings. The fourth-order valence-corrected chi connectivity index (χ4v) is 6.37. The van der Waals surface area contributed by atoms with Crippen molar-refractivity contribution in [3.63, 3.8) is 0 Å². The van der Waals surface area contributed by atoms with E-state index in [2.05, 4.69) is 79.2 Å². The summed E-state index contributed by atoms with van der Waals surface area (Å²) in [5, 5.41) is 0. The Kier molecular flexibility index (Phi) is 11.7. The first-order valence-corrected chi connectivity index (χ1v) is 13.9. The molecule has 3 rings (SSSR count). The summed E-state index contributed by atoms with van der Waals surface area (Å²) in [6.07, 6.45) is 12.1. The van der Waals surface area contributed by atoms with Crippen LogP contribution in [0.3, 0.4) is 0 Å². The summed E-state index contributed by atoms with van der Waals surface area (Å²) in [7, 11) is -1.13. The van der Waals surface area contributed by atoms with Gasteiger partial charge in [0.1, 0.15) is 0 Å². The van der Waals surface area contributed by atoms with Crippen LogP contribution in [0, 0.1) is 0 Å². The minimum absolute atomic E-state index is 0.152. The SMILES string of the molecule is CCCCCOP(OCCCC)N(C1CCCCC1)C(c1ccccc1)c1ccccc1. The highest BCUT2D eigenvalue weighted by molar-refractivity contribution is 7.44. The molecule has 32 heavy (non-hydrogen) atoms. The summed E-state index contributed by atoms with van der Waals surface area (Å²) in [5.41, 5.74) is 2.65. The molecule has 4 heteroatoms. The maximum Gasteiger partial charge on any atom is 0.259 e. The van der Waals surface area contributed by atoms with E-state index >= 15 is 0 Å². The molecule has 1 unspecified atom stereocenters. The van der Waals surface area contributed by atoms with Gasteiger partial charge in [-0.05, 0) is 36.8 Å². The van der Waals surface area contributed by atoms with Crippen molar-refractivity contribution < 1.29 is 9.05 Å². The molecule has 1 atom stereocenters. The number of benzene rings is 2. The fraction of sp³-hybridized carbons (Fsp3) is 0.571. The average molecular weight is 456 g/mol. The Morgan fingerprint density at radius 1 is 0.750 bits per heavy atom. The molecule has 0 bridgehead atoms. The van der Waals surface area contributed by atoms with Crippen LogP contribution in [-0.4, -0.2) is 23.9 Å². The molecule has 0 N–H and O–H groups in total. The second-order valence-corrected chi connectivity index (χ2v) is 10.3. The first-order chi connectivity index (χ1) is 15.8. The number of rotatable bonds is 14. The van der Waals surface area contributed by atoms with E-state index < -0.39 is 8.53 Å². The zero-order chi connectivity index (χ0) is 22.4. The number of unbranched alkanes of at least 4 members (excludes halogenated alkanes) is 3. The zero-order valence-electron chi connectivity index (χ0n) is 20.1. The van der Waals surface area contributed by atoms with Crippen LogP contribution >= 0.6 is 8.53 Å². The molecule has 1 saturated carbocycles. The number of hydrogen-bond donors (Lipinski definition) is 0. The molecule has 0 amide bonds. The molecule has 1 aliphatic rings. The van der Waals surface area contributed by atoms with Crippen molar-refractivity contribution >= 4 is 8.53 Å². The Labute approximate surface area is 197 Å². The van der Waals surface area contributed by atoms with Crippen LogP contribution in [0.1, 0.15) is 95.2 Å². The van der Waals surface area contributed by atoms with Gasteiger partial charge in [0, 0.05) is 6.04 Å². The van der Waals surface area contributed by atoms with E-state index in [4.69, 9.17) is 9.05 Å². The topological polar surface area (TPSA) is 21.7 Å². The van der Waals surface area contributed by atoms with E-state index in [0.29, 0.717) is 6.04 Å². The second-order valence-electron chi connectivity index (χ2n) is 8.86. The molecule has 0 saturated heterocycles. The lowest BCUT2D eigenvalue weighted by atomic mass is 9.92. The van der Waals surface area contributed by atoms with Gasteiger partial charge in [0.25, 0.3) is 8.53 Å². The molecule has 0 spiro atoms. The van der Waals surface area contributed by atoms with Crippen molar-refractivity contribution in [2.45, 2.75) is 90.1 Å². The lowest BCUT2D eigenvalue weighted by Gasteiger charge is -2.43. The van der Waals surface area contributed by atoms with Crippen LogP contribution in [0.4, 0.5) is 0 Å². The quantitative estimate of drug-likeness (QED) is 0.210. The van der Waals surface area contributed by atoms with Crippen LogP contribution in [0.5, 0.6) is 0 Å². The molecular formula is C28H42NO2P. The number of hydrogen-bond acceptors (Lipinski definition) is 3. The van der Waals surface area contributed by atoms with Gasteiger partial charge in [-0.2, -0.15) is 0 Å². The highest BCUT2D eigenvalue weighted by Gasteiger charge is 2.37. The van der Waals surface area contributed by atoms with Crippen LogP contribution < -0.4 is 0 Å². The van der Waals surface area contributed by atoms with Gasteiger partial charge in [-0.1, -0.05) is 113 Å². The van der Waals surface area contributed by atoms with Crippen LogP contribution in [-0.2, 0) is 9.05 Å². The predicted octanol–water partition coefficient (Wildman–Crippen LogP) is 8.66. The van der Waals surface area contributed by atoms with E-state index in [1.54, 1.807) is 0 Å². The van der Waals surface area contributed by atoms with Gasteiger partial charge in [0.2, 0.25) is 0 Å². The molecule has 0 heterocycles. The van der Waals surface area contributed by atoms with E-state index in [0.717, 1.165) is 32.5 Å². The van der Waals surface area contributed by atoms with Crippen molar-refractivity contribution in [2.75, 3.05) is 13.2 Å². The first-order valence-electron chi connectivity index (χ1n) is 12.8. The summed E-state index contributed by atoms with van der Waals surface area (Å²) in [6.45, 7) is 6.03. The molecule has 176 valence electrons. The predicted molar refractivity (Wildman–Crippen MR) is 137 cm³/mol. The molecule has 0 aliphatic heterocycles. The first kappa shape index (κ1) is 25.4. The van der Waals surface area contributed by atoms with Gasteiger partial charge >= 0.3 is 0 Å². The van der Waals surface area contributed by atoms with Crippen molar-refractivity contribution in [1.29, 1.82) is 0 Å². The number of nitrogens with zero attached hydrogens (tertiary/aromatic N) is 1. The Morgan fingerprint density at radius 2 is 1.28 bits per heavy atom. The maximum absolute atomic E-state index is 6.60. The summed E-state index contributed by atoms with van der Waals surface area (Å²) >= 11 is 0. The molecular weight excluding hydrogens is 413 g/mol. The van der Waals surface area contributed by atoms with E-state index in [9.17, 15) is 0 Å². The molecule has 0 radical (unpaired) electrons. The van der Waals surface area contributed by atoms with E-state index in [-0.39, 0.29) is 6.04 Å². The van der Waals surface area contributed by atoms with Crippen molar-refractivity contribution in [2.24, 2.45) is 0 Å². The monoisotopic (exact) mass is 455 g/mol. The summed E-state index contributed by atoms with van der Waals surface area (Å²) in [6, 6.07) is 22.6. The minimum Gasteiger partial charge on any atom is -0.322 e.